The molecule has 2 aromatic heterocycles. The van der Waals surface area contributed by atoms with Gasteiger partial charge in [0, 0.05) is 28.4 Å². The molecule has 3 aromatic rings. The molecule has 144 valence electrons. The number of nitrogens with zero attached hydrogens (tertiary/aromatic N) is 2. The molecule has 1 aromatic carbocycles. The van der Waals surface area contributed by atoms with Gasteiger partial charge in [-0.25, -0.2) is 9.78 Å². The zero-order chi connectivity index (χ0) is 20.1. The molecule has 28 heavy (non-hydrogen) atoms. The Hall–Kier alpha value is -3.13. The molecule has 0 N–H and O–H groups in total. The number of aromatic nitrogens is 2. The van der Waals surface area contributed by atoms with Crippen LogP contribution in [0.5, 0.6) is 11.5 Å². The van der Waals surface area contributed by atoms with Crippen molar-refractivity contribution in [3.8, 4) is 11.5 Å². The fourth-order valence-electron chi connectivity index (χ4n) is 2.52. The van der Waals surface area contributed by atoms with E-state index in [1.165, 1.54) is 16.5 Å². The molecule has 0 saturated heterocycles. The van der Waals surface area contributed by atoms with Crippen LogP contribution in [0.4, 0.5) is 0 Å². The van der Waals surface area contributed by atoms with Gasteiger partial charge in [0.15, 0.2) is 0 Å². The van der Waals surface area contributed by atoms with E-state index in [9.17, 15) is 9.59 Å². The maximum atomic E-state index is 12.2. The molecule has 3 rings (SSSR count). The number of hydrogen-bond donors (Lipinski definition) is 0. The van der Waals surface area contributed by atoms with Gasteiger partial charge in [0.1, 0.15) is 23.8 Å². The molecule has 8 heteroatoms. The van der Waals surface area contributed by atoms with Crippen molar-refractivity contribution in [1.82, 2.24) is 9.38 Å². The number of carbonyl (C=O) groups is 1. The molecule has 0 aliphatic rings. The van der Waals surface area contributed by atoms with Crippen molar-refractivity contribution in [3.63, 3.8) is 0 Å². The molecular weight excluding hydrogens is 428 g/mol. The molecule has 0 radical (unpaired) electrons. The Balaban J connectivity index is 1.71. The number of pyridine rings is 1. The molecule has 0 aliphatic carbocycles. The average Bonchev–Trinajstić information content (AvgIpc) is 2.71. The minimum absolute atomic E-state index is 0.111. The van der Waals surface area contributed by atoms with E-state index in [-0.39, 0.29) is 12.2 Å². The zero-order valence-corrected chi connectivity index (χ0v) is 16.8. The van der Waals surface area contributed by atoms with Crippen LogP contribution < -0.4 is 15.0 Å². The molecule has 0 amide bonds. The molecular formula is C20H17BrN2O5. The van der Waals surface area contributed by atoms with Crippen LogP contribution in [0, 0.1) is 0 Å². The van der Waals surface area contributed by atoms with Gasteiger partial charge in [-0.2, -0.15) is 0 Å². The summed E-state index contributed by atoms with van der Waals surface area (Å²) >= 11 is 3.31. The van der Waals surface area contributed by atoms with Crippen molar-refractivity contribution in [2.75, 3.05) is 14.2 Å². The van der Waals surface area contributed by atoms with E-state index in [0.717, 1.165) is 4.47 Å². The second-order valence-corrected chi connectivity index (χ2v) is 6.63. The van der Waals surface area contributed by atoms with E-state index in [4.69, 9.17) is 14.2 Å². The van der Waals surface area contributed by atoms with Gasteiger partial charge in [-0.15, -0.1) is 0 Å². The molecule has 0 saturated carbocycles. The van der Waals surface area contributed by atoms with E-state index >= 15 is 0 Å². The van der Waals surface area contributed by atoms with Crippen LogP contribution >= 0.6 is 15.9 Å². The Morgan fingerprint density at radius 1 is 1.18 bits per heavy atom. The summed E-state index contributed by atoms with van der Waals surface area (Å²) in [6.07, 6.45) is 4.48. The number of hydrogen-bond acceptors (Lipinski definition) is 6. The van der Waals surface area contributed by atoms with Crippen molar-refractivity contribution in [2.45, 2.75) is 6.61 Å². The molecule has 0 unspecified atom stereocenters. The van der Waals surface area contributed by atoms with Gasteiger partial charge >= 0.3 is 5.97 Å². The smallest absolute Gasteiger partial charge is 0.331 e. The van der Waals surface area contributed by atoms with Gasteiger partial charge in [0.25, 0.3) is 5.56 Å². The predicted octanol–water partition coefficient (Wildman–Crippen LogP) is 3.23. The van der Waals surface area contributed by atoms with E-state index in [1.807, 2.05) is 0 Å². The van der Waals surface area contributed by atoms with Gasteiger partial charge in [-0.1, -0.05) is 0 Å². The Morgan fingerprint density at radius 3 is 2.75 bits per heavy atom. The first kappa shape index (κ1) is 19.6. The second-order valence-electron chi connectivity index (χ2n) is 5.71. The van der Waals surface area contributed by atoms with Crippen molar-refractivity contribution >= 4 is 33.6 Å². The average molecular weight is 445 g/mol. The minimum atomic E-state index is -0.567. The van der Waals surface area contributed by atoms with Crippen molar-refractivity contribution in [3.05, 3.63) is 74.8 Å². The Kier molecular flexibility index (Phi) is 6.10. The van der Waals surface area contributed by atoms with Gasteiger partial charge < -0.3 is 14.2 Å². The fraction of sp³-hybridized carbons (Fsp3) is 0.150. The lowest BCUT2D eigenvalue weighted by Gasteiger charge is -2.07. The third kappa shape index (κ3) is 4.58. The molecule has 0 atom stereocenters. The van der Waals surface area contributed by atoms with Gasteiger partial charge in [-0.05, 0) is 52.3 Å². The number of esters is 1. The maximum absolute atomic E-state index is 12.2. The van der Waals surface area contributed by atoms with Gasteiger partial charge in [0.2, 0.25) is 0 Å². The third-order valence-electron chi connectivity index (χ3n) is 3.87. The van der Waals surface area contributed by atoms with Crippen molar-refractivity contribution in [1.29, 1.82) is 0 Å². The third-order valence-corrected chi connectivity index (χ3v) is 4.34. The van der Waals surface area contributed by atoms with Crippen LogP contribution in [-0.4, -0.2) is 29.6 Å². The highest BCUT2D eigenvalue weighted by Gasteiger charge is 2.07. The second kappa shape index (κ2) is 8.71. The van der Waals surface area contributed by atoms with Crippen molar-refractivity contribution < 1.29 is 19.0 Å². The molecule has 0 spiro atoms. The largest absolute Gasteiger partial charge is 0.497 e. The summed E-state index contributed by atoms with van der Waals surface area (Å²) in [4.78, 5) is 28.5. The summed E-state index contributed by atoms with van der Waals surface area (Å²) < 4.78 is 17.8. The highest BCUT2D eigenvalue weighted by atomic mass is 79.9. The number of ether oxygens (including phenoxy) is 3. The number of carbonyl (C=O) groups excluding carboxylic acids is 1. The Morgan fingerprint density at radius 2 is 2.00 bits per heavy atom. The Labute approximate surface area is 169 Å². The fourth-order valence-corrected chi connectivity index (χ4v) is 2.86. The van der Waals surface area contributed by atoms with E-state index in [0.29, 0.717) is 28.4 Å². The lowest BCUT2D eigenvalue weighted by molar-refractivity contribution is -0.139. The monoisotopic (exact) mass is 444 g/mol. The summed E-state index contributed by atoms with van der Waals surface area (Å²) in [7, 11) is 3.10. The first-order valence-electron chi connectivity index (χ1n) is 8.25. The summed E-state index contributed by atoms with van der Waals surface area (Å²) in [5.74, 6) is 0.671. The summed E-state index contributed by atoms with van der Waals surface area (Å²) in [5, 5.41) is 0. The molecule has 0 fully saturated rings. The standard InChI is InChI=1S/C20H17BrN2O5/c1-26-16-5-6-17(27-2)13(9-16)3-8-20(25)28-12-15-10-19(24)23-11-14(21)4-7-18(23)22-15/h3-11H,12H2,1-2H3. The Bertz CT molecular complexity index is 1110. The topological polar surface area (TPSA) is 79.1 Å². The van der Waals surface area contributed by atoms with Crippen LogP contribution in [0.15, 0.2) is 57.9 Å². The van der Waals surface area contributed by atoms with Gasteiger partial charge in [0.05, 0.1) is 19.9 Å². The lowest BCUT2D eigenvalue weighted by atomic mass is 10.1. The summed E-state index contributed by atoms with van der Waals surface area (Å²) in [5.41, 5.74) is 1.26. The number of benzene rings is 1. The molecule has 7 nitrogen and oxygen atoms in total. The van der Waals surface area contributed by atoms with Crippen LogP contribution in [0.1, 0.15) is 11.3 Å². The van der Waals surface area contributed by atoms with E-state index in [1.54, 1.807) is 56.8 Å². The summed E-state index contributed by atoms with van der Waals surface area (Å²) in [6, 6.07) is 10.1. The first-order valence-corrected chi connectivity index (χ1v) is 9.04. The number of fused-ring (bicyclic) bond motifs is 1. The zero-order valence-electron chi connectivity index (χ0n) is 15.2. The van der Waals surface area contributed by atoms with Crippen LogP contribution in [0.2, 0.25) is 0 Å². The molecule has 2 heterocycles. The number of methoxy groups -OCH3 is 2. The van der Waals surface area contributed by atoms with Crippen LogP contribution in [0.25, 0.3) is 11.7 Å². The van der Waals surface area contributed by atoms with E-state index in [2.05, 4.69) is 20.9 Å². The van der Waals surface area contributed by atoms with Crippen molar-refractivity contribution in [2.24, 2.45) is 0 Å². The van der Waals surface area contributed by atoms with Gasteiger partial charge in [-0.3, -0.25) is 9.20 Å². The van der Waals surface area contributed by atoms with E-state index < -0.39 is 5.97 Å². The highest BCUT2D eigenvalue weighted by molar-refractivity contribution is 9.10. The van der Waals surface area contributed by atoms with Crippen LogP contribution in [0.3, 0.4) is 0 Å². The highest BCUT2D eigenvalue weighted by Crippen LogP contribution is 2.25. The summed E-state index contributed by atoms with van der Waals surface area (Å²) in [6.45, 7) is -0.111. The minimum Gasteiger partial charge on any atom is -0.497 e. The molecule has 0 aliphatic heterocycles. The molecule has 0 bridgehead atoms. The maximum Gasteiger partial charge on any atom is 0.331 e. The normalized spacial score (nSPS) is 11.0. The number of halogens is 1. The predicted molar refractivity (Wildman–Crippen MR) is 108 cm³/mol. The van der Waals surface area contributed by atoms with Crippen LogP contribution in [-0.2, 0) is 16.1 Å². The first-order chi connectivity index (χ1) is 13.5. The number of rotatable bonds is 6. The lowest BCUT2D eigenvalue weighted by Crippen LogP contribution is -2.16. The SMILES string of the molecule is COc1ccc(OC)c(C=CC(=O)OCc2cc(=O)n3cc(Br)ccc3n2)c1. The quantitative estimate of drug-likeness (QED) is 0.428.